The van der Waals surface area contributed by atoms with Gasteiger partial charge in [-0.25, -0.2) is 4.98 Å². The summed E-state index contributed by atoms with van der Waals surface area (Å²) in [5.41, 5.74) is 1.82. The molecule has 1 aromatic carbocycles. The van der Waals surface area contributed by atoms with E-state index in [0.717, 1.165) is 31.6 Å². The zero-order chi connectivity index (χ0) is 17.1. The molecule has 0 bridgehead atoms. The molecule has 0 spiro atoms. The number of piperidine rings is 1. The summed E-state index contributed by atoms with van der Waals surface area (Å²) in [5.74, 6) is 0.679. The molecule has 1 aromatic heterocycles. The van der Waals surface area contributed by atoms with Crippen LogP contribution >= 0.6 is 23.2 Å². The molecule has 1 saturated heterocycles. The van der Waals surface area contributed by atoms with E-state index in [1.165, 1.54) is 0 Å². The van der Waals surface area contributed by atoms with Gasteiger partial charge in [0.1, 0.15) is 5.69 Å². The second kappa shape index (κ2) is 7.41. The molecule has 1 aliphatic rings. The van der Waals surface area contributed by atoms with E-state index >= 15 is 0 Å². The molecule has 0 saturated carbocycles. The van der Waals surface area contributed by atoms with Crippen molar-refractivity contribution >= 4 is 40.5 Å². The van der Waals surface area contributed by atoms with Gasteiger partial charge in [0, 0.05) is 13.1 Å². The number of pyridine rings is 1. The van der Waals surface area contributed by atoms with Gasteiger partial charge in [0.15, 0.2) is 0 Å². The highest BCUT2D eigenvalue weighted by molar-refractivity contribution is 6.39. The van der Waals surface area contributed by atoms with Crippen molar-refractivity contribution < 1.29 is 4.79 Å². The quantitative estimate of drug-likeness (QED) is 0.833. The summed E-state index contributed by atoms with van der Waals surface area (Å²) >= 11 is 12.3. The molecule has 0 atom stereocenters. The van der Waals surface area contributed by atoms with Crippen molar-refractivity contribution in [3.05, 3.63) is 52.3 Å². The Kier molecular flexibility index (Phi) is 5.27. The molecule has 24 heavy (non-hydrogen) atoms. The minimum Gasteiger partial charge on any atom is -0.352 e. The molecular formula is C18H19Cl2N3O. The van der Waals surface area contributed by atoms with Crippen LogP contribution in [0.25, 0.3) is 0 Å². The minimum atomic E-state index is -0.00998. The SMILES string of the molecule is CC1CCN(C(=O)c2ccc(Nc3c(Cl)cccc3Cl)cn2)CC1. The van der Waals surface area contributed by atoms with Crippen molar-refractivity contribution in [2.24, 2.45) is 5.92 Å². The van der Waals surface area contributed by atoms with Crippen molar-refractivity contribution in [1.82, 2.24) is 9.88 Å². The van der Waals surface area contributed by atoms with Crippen LogP contribution in [0.2, 0.25) is 10.0 Å². The van der Waals surface area contributed by atoms with Gasteiger partial charge in [0.05, 0.1) is 27.6 Å². The lowest BCUT2D eigenvalue weighted by atomic mass is 9.99. The number of halogens is 2. The van der Waals surface area contributed by atoms with Crippen molar-refractivity contribution in [3.63, 3.8) is 0 Å². The second-order valence-electron chi connectivity index (χ2n) is 6.13. The van der Waals surface area contributed by atoms with E-state index in [4.69, 9.17) is 23.2 Å². The van der Waals surface area contributed by atoms with E-state index in [9.17, 15) is 4.79 Å². The molecule has 1 fully saturated rings. The molecule has 126 valence electrons. The van der Waals surface area contributed by atoms with Crippen LogP contribution in [0.5, 0.6) is 0 Å². The third kappa shape index (κ3) is 3.82. The summed E-state index contributed by atoms with van der Waals surface area (Å²) < 4.78 is 0. The number of hydrogen-bond acceptors (Lipinski definition) is 3. The van der Waals surface area contributed by atoms with Crippen LogP contribution in [-0.2, 0) is 0 Å². The molecule has 0 aliphatic carbocycles. The van der Waals surface area contributed by atoms with Gasteiger partial charge >= 0.3 is 0 Å². The lowest BCUT2D eigenvalue weighted by Crippen LogP contribution is -2.38. The van der Waals surface area contributed by atoms with E-state index < -0.39 is 0 Å². The van der Waals surface area contributed by atoms with E-state index in [1.54, 1.807) is 30.5 Å². The number of hydrogen-bond donors (Lipinski definition) is 1. The average Bonchev–Trinajstić information content (AvgIpc) is 2.59. The van der Waals surface area contributed by atoms with Crippen LogP contribution in [0.3, 0.4) is 0 Å². The Labute approximate surface area is 151 Å². The summed E-state index contributed by atoms with van der Waals surface area (Å²) in [7, 11) is 0. The fourth-order valence-electron chi connectivity index (χ4n) is 2.73. The summed E-state index contributed by atoms with van der Waals surface area (Å²) in [4.78, 5) is 18.6. The van der Waals surface area contributed by atoms with Crippen molar-refractivity contribution in [3.8, 4) is 0 Å². The predicted molar refractivity (Wildman–Crippen MR) is 98.3 cm³/mol. The Balaban J connectivity index is 1.70. The summed E-state index contributed by atoms with van der Waals surface area (Å²) in [6.07, 6.45) is 3.73. The van der Waals surface area contributed by atoms with Gasteiger partial charge in [-0.3, -0.25) is 4.79 Å². The molecule has 3 rings (SSSR count). The molecule has 1 amide bonds. The van der Waals surface area contributed by atoms with Crippen molar-refractivity contribution in [2.45, 2.75) is 19.8 Å². The van der Waals surface area contributed by atoms with Gasteiger partial charge in [0.2, 0.25) is 0 Å². The standard InChI is InChI=1S/C18H19Cl2N3O/c1-12-7-9-23(10-8-12)18(24)16-6-5-13(11-21-16)22-17-14(19)3-2-4-15(17)20/h2-6,11-12,22H,7-10H2,1H3. The lowest BCUT2D eigenvalue weighted by Gasteiger charge is -2.30. The maximum absolute atomic E-state index is 12.5. The maximum atomic E-state index is 12.5. The van der Waals surface area contributed by atoms with Gasteiger partial charge in [-0.05, 0) is 43.0 Å². The largest absolute Gasteiger partial charge is 0.352 e. The van der Waals surface area contributed by atoms with Crippen LogP contribution < -0.4 is 5.32 Å². The minimum absolute atomic E-state index is 0.00998. The molecule has 1 N–H and O–H groups in total. The summed E-state index contributed by atoms with van der Waals surface area (Å²) in [6.45, 7) is 3.83. The van der Waals surface area contributed by atoms with Gasteiger partial charge in [-0.1, -0.05) is 36.2 Å². The number of carbonyl (C=O) groups is 1. The highest BCUT2D eigenvalue weighted by atomic mass is 35.5. The highest BCUT2D eigenvalue weighted by Gasteiger charge is 2.22. The van der Waals surface area contributed by atoms with Gasteiger partial charge < -0.3 is 10.2 Å². The smallest absolute Gasteiger partial charge is 0.272 e. The zero-order valence-corrected chi connectivity index (χ0v) is 14.9. The molecule has 2 heterocycles. The molecular weight excluding hydrogens is 345 g/mol. The first-order chi connectivity index (χ1) is 11.5. The Morgan fingerprint density at radius 3 is 2.42 bits per heavy atom. The summed E-state index contributed by atoms with van der Waals surface area (Å²) in [5, 5.41) is 4.21. The first kappa shape index (κ1) is 17.1. The number of nitrogens with zero attached hydrogens (tertiary/aromatic N) is 2. The van der Waals surface area contributed by atoms with Crippen LogP contribution in [0.4, 0.5) is 11.4 Å². The van der Waals surface area contributed by atoms with Crippen LogP contribution in [-0.4, -0.2) is 28.9 Å². The molecule has 6 heteroatoms. The van der Waals surface area contributed by atoms with Crippen LogP contribution in [0.1, 0.15) is 30.3 Å². The Morgan fingerprint density at radius 1 is 1.17 bits per heavy atom. The highest BCUT2D eigenvalue weighted by Crippen LogP contribution is 2.32. The average molecular weight is 364 g/mol. The number of likely N-dealkylation sites (tertiary alicyclic amines) is 1. The van der Waals surface area contributed by atoms with E-state index in [0.29, 0.717) is 27.3 Å². The van der Waals surface area contributed by atoms with Gasteiger partial charge in [-0.2, -0.15) is 0 Å². The molecule has 2 aromatic rings. The Morgan fingerprint density at radius 2 is 1.83 bits per heavy atom. The number of amides is 1. The molecule has 0 unspecified atom stereocenters. The van der Waals surface area contributed by atoms with Crippen LogP contribution in [0, 0.1) is 5.92 Å². The van der Waals surface area contributed by atoms with Crippen molar-refractivity contribution in [2.75, 3.05) is 18.4 Å². The number of aromatic nitrogens is 1. The Bertz CT molecular complexity index is 705. The monoisotopic (exact) mass is 363 g/mol. The number of rotatable bonds is 3. The first-order valence-electron chi connectivity index (χ1n) is 8.01. The van der Waals surface area contributed by atoms with E-state index in [1.807, 2.05) is 11.0 Å². The molecule has 4 nitrogen and oxygen atoms in total. The van der Waals surface area contributed by atoms with Gasteiger partial charge in [-0.15, -0.1) is 0 Å². The molecule has 0 radical (unpaired) electrons. The fourth-order valence-corrected chi connectivity index (χ4v) is 3.22. The van der Waals surface area contributed by atoms with Crippen molar-refractivity contribution in [1.29, 1.82) is 0 Å². The maximum Gasteiger partial charge on any atom is 0.272 e. The zero-order valence-electron chi connectivity index (χ0n) is 13.4. The first-order valence-corrected chi connectivity index (χ1v) is 8.76. The third-order valence-corrected chi connectivity index (χ3v) is 4.92. The fraction of sp³-hybridized carbons (Fsp3) is 0.333. The van der Waals surface area contributed by atoms with Gasteiger partial charge in [0.25, 0.3) is 5.91 Å². The number of carbonyl (C=O) groups excluding carboxylic acids is 1. The van der Waals surface area contributed by atoms with E-state index in [2.05, 4.69) is 17.2 Å². The van der Waals surface area contributed by atoms with Crippen LogP contribution in [0.15, 0.2) is 36.5 Å². The molecule has 1 aliphatic heterocycles. The lowest BCUT2D eigenvalue weighted by molar-refractivity contribution is 0.0691. The topological polar surface area (TPSA) is 45.2 Å². The number of benzene rings is 1. The second-order valence-corrected chi connectivity index (χ2v) is 6.94. The summed E-state index contributed by atoms with van der Waals surface area (Å²) in [6, 6.07) is 8.85. The predicted octanol–water partition coefficient (Wildman–Crippen LogP) is 5.00. The third-order valence-electron chi connectivity index (χ3n) is 4.29. The Hall–Kier alpha value is -1.78. The number of nitrogens with one attached hydrogen (secondary N) is 1. The van der Waals surface area contributed by atoms with E-state index in [-0.39, 0.29) is 5.91 Å². The number of anilines is 2. The normalized spacial score (nSPS) is 15.4. The number of para-hydroxylation sites is 1.